The molecule has 1 N–H and O–H groups in total. The van der Waals surface area contributed by atoms with Crippen LogP contribution < -0.4 is 4.74 Å². The number of ether oxygens (including phenoxy) is 1. The molecule has 0 radical (unpaired) electrons. The van der Waals surface area contributed by atoms with Gasteiger partial charge in [0, 0.05) is 25.7 Å². The van der Waals surface area contributed by atoms with E-state index in [1.54, 1.807) is 18.3 Å². The fourth-order valence-corrected chi connectivity index (χ4v) is 4.53. The highest BCUT2D eigenvalue weighted by atomic mass is 19.1. The summed E-state index contributed by atoms with van der Waals surface area (Å²) >= 11 is 0. The molecule has 1 aromatic carbocycles. The molecule has 2 fully saturated rings. The number of rotatable bonds is 5. The first-order valence-corrected chi connectivity index (χ1v) is 9.35. The molecule has 26 heavy (non-hydrogen) atoms. The van der Waals surface area contributed by atoms with Crippen molar-refractivity contribution in [3.8, 4) is 11.5 Å². The van der Waals surface area contributed by atoms with Crippen molar-refractivity contribution < 1.29 is 14.2 Å². The summed E-state index contributed by atoms with van der Waals surface area (Å²) in [6, 6.07) is 8.94. The second kappa shape index (κ2) is 7.23. The van der Waals surface area contributed by atoms with E-state index in [9.17, 15) is 9.50 Å². The molecule has 0 amide bonds. The van der Waals surface area contributed by atoms with E-state index < -0.39 is 0 Å². The maximum atomic E-state index is 13.2. The van der Waals surface area contributed by atoms with E-state index >= 15 is 0 Å². The summed E-state index contributed by atoms with van der Waals surface area (Å²) in [7, 11) is 0. The fourth-order valence-electron chi connectivity index (χ4n) is 4.53. The Morgan fingerprint density at radius 3 is 2.54 bits per heavy atom. The minimum atomic E-state index is -0.352. The number of hydrogen-bond acceptors (Lipinski definition) is 4. The van der Waals surface area contributed by atoms with Crippen LogP contribution in [-0.4, -0.2) is 40.7 Å². The van der Waals surface area contributed by atoms with E-state index in [-0.39, 0.29) is 11.9 Å². The normalized spacial score (nSPS) is 26.6. The monoisotopic (exact) mass is 356 g/mol. The van der Waals surface area contributed by atoms with Crippen molar-refractivity contribution in [3.05, 3.63) is 54.1 Å². The minimum Gasteiger partial charge on any atom is -0.508 e. The standard InChI is InChI=1S/C21H25FN2O2/c1-14(15-2-4-19(25)5-3-15)11-24-12-16-6-20(7-17(16)13-24)26-21-8-18(22)9-23-10-21/h2-5,8-10,14,16-17,20,25H,6-7,11-13H2,1H3/t14?,16-,17+,20?. The number of phenolic OH excluding ortho intramolecular Hbond substituents is 1. The molecule has 4 atom stereocenters. The van der Waals surface area contributed by atoms with Crippen molar-refractivity contribution in [1.82, 2.24) is 9.88 Å². The third kappa shape index (κ3) is 3.83. The first kappa shape index (κ1) is 17.3. The number of phenols is 1. The van der Waals surface area contributed by atoms with Crippen molar-refractivity contribution in [2.75, 3.05) is 19.6 Å². The Morgan fingerprint density at radius 2 is 1.88 bits per heavy atom. The lowest BCUT2D eigenvalue weighted by atomic mass is 10.0. The second-order valence-electron chi connectivity index (χ2n) is 7.78. The Labute approximate surface area is 153 Å². The molecule has 2 aromatic rings. The quantitative estimate of drug-likeness (QED) is 0.885. The molecule has 138 valence electrons. The zero-order valence-electron chi connectivity index (χ0n) is 15.0. The van der Waals surface area contributed by atoms with Crippen LogP contribution in [0.3, 0.4) is 0 Å². The van der Waals surface area contributed by atoms with Crippen molar-refractivity contribution in [2.45, 2.75) is 31.8 Å². The van der Waals surface area contributed by atoms with Crippen LogP contribution in [0.1, 0.15) is 31.2 Å². The zero-order chi connectivity index (χ0) is 18.1. The van der Waals surface area contributed by atoms with Crippen molar-refractivity contribution >= 4 is 0 Å². The van der Waals surface area contributed by atoms with Gasteiger partial charge in [0.1, 0.15) is 17.3 Å². The van der Waals surface area contributed by atoms with Gasteiger partial charge in [-0.3, -0.25) is 4.98 Å². The number of likely N-dealkylation sites (tertiary alicyclic amines) is 1. The number of pyridine rings is 1. The van der Waals surface area contributed by atoms with Crippen LogP contribution in [0.5, 0.6) is 11.5 Å². The molecule has 1 aromatic heterocycles. The summed E-state index contributed by atoms with van der Waals surface area (Å²) in [4.78, 5) is 6.40. The summed E-state index contributed by atoms with van der Waals surface area (Å²) in [5.41, 5.74) is 1.26. The molecule has 1 saturated heterocycles. The maximum absolute atomic E-state index is 13.2. The topological polar surface area (TPSA) is 45.6 Å². The molecule has 4 nitrogen and oxygen atoms in total. The van der Waals surface area contributed by atoms with Gasteiger partial charge in [0.2, 0.25) is 0 Å². The van der Waals surface area contributed by atoms with Gasteiger partial charge in [-0.05, 0) is 48.3 Å². The number of hydrogen-bond donors (Lipinski definition) is 1. The Bertz CT molecular complexity index is 738. The molecule has 1 aliphatic heterocycles. The molecule has 2 heterocycles. The smallest absolute Gasteiger partial charge is 0.145 e. The van der Waals surface area contributed by atoms with E-state index in [4.69, 9.17) is 4.74 Å². The number of halogens is 1. The maximum Gasteiger partial charge on any atom is 0.145 e. The summed E-state index contributed by atoms with van der Waals surface area (Å²) in [6.07, 6.45) is 5.02. The van der Waals surface area contributed by atoms with Gasteiger partial charge in [0.25, 0.3) is 0 Å². The van der Waals surface area contributed by atoms with Crippen LogP contribution in [0.15, 0.2) is 42.7 Å². The van der Waals surface area contributed by atoms with Crippen LogP contribution in [-0.2, 0) is 0 Å². The Morgan fingerprint density at radius 1 is 1.19 bits per heavy atom. The van der Waals surface area contributed by atoms with Crippen LogP contribution in [0.25, 0.3) is 0 Å². The largest absolute Gasteiger partial charge is 0.508 e. The predicted molar refractivity (Wildman–Crippen MR) is 97.8 cm³/mol. The van der Waals surface area contributed by atoms with Crippen molar-refractivity contribution in [1.29, 1.82) is 0 Å². The van der Waals surface area contributed by atoms with Gasteiger partial charge in [0.05, 0.1) is 18.5 Å². The molecule has 0 spiro atoms. The van der Waals surface area contributed by atoms with Crippen molar-refractivity contribution in [3.63, 3.8) is 0 Å². The molecule has 2 unspecified atom stereocenters. The molecule has 1 aliphatic carbocycles. The van der Waals surface area contributed by atoms with E-state index in [1.165, 1.54) is 17.8 Å². The van der Waals surface area contributed by atoms with Crippen LogP contribution in [0.4, 0.5) is 4.39 Å². The van der Waals surface area contributed by atoms with Gasteiger partial charge < -0.3 is 14.7 Å². The number of nitrogens with zero attached hydrogens (tertiary/aromatic N) is 2. The first-order valence-electron chi connectivity index (χ1n) is 9.35. The highest BCUT2D eigenvalue weighted by Crippen LogP contribution is 2.40. The third-order valence-corrected chi connectivity index (χ3v) is 5.76. The van der Waals surface area contributed by atoms with Gasteiger partial charge in [-0.2, -0.15) is 0 Å². The van der Waals surface area contributed by atoms with Crippen LogP contribution in [0.2, 0.25) is 0 Å². The molecular formula is C21H25FN2O2. The Hall–Kier alpha value is -2.14. The average Bonchev–Trinajstić information content (AvgIpc) is 3.13. The highest BCUT2D eigenvalue weighted by Gasteiger charge is 2.42. The number of aromatic nitrogens is 1. The molecule has 4 rings (SSSR count). The van der Waals surface area contributed by atoms with E-state index in [1.807, 2.05) is 12.1 Å². The van der Waals surface area contributed by atoms with Crippen LogP contribution in [0, 0.1) is 17.7 Å². The van der Waals surface area contributed by atoms with E-state index in [0.717, 1.165) is 32.5 Å². The molecule has 1 saturated carbocycles. The summed E-state index contributed by atoms with van der Waals surface area (Å²) in [5, 5.41) is 9.43. The fraction of sp³-hybridized carbons (Fsp3) is 0.476. The van der Waals surface area contributed by atoms with Gasteiger partial charge in [0.15, 0.2) is 0 Å². The Balaban J connectivity index is 1.28. The van der Waals surface area contributed by atoms with Gasteiger partial charge in [-0.1, -0.05) is 19.1 Å². The number of aromatic hydroxyl groups is 1. The number of fused-ring (bicyclic) bond motifs is 1. The predicted octanol–water partition coefficient (Wildman–Crippen LogP) is 3.82. The summed E-state index contributed by atoms with van der Waals surface area (Å²) < 4.78 is 19.2. The minimum absolute atomic E-state index is 0.172. The van der Waals surface area contributed by atoms with E-state index in [0.29, 0.717) is 29.3 Å². The lowest BCUT2D eigenvalue weighted by Gasteiger charge is -2.23. The lowest BCUT2D eigenvalue weighted by Crippen LogP contribution is -2.28. The lowest BCUT2D eigenvalue weighted by molar-refractivity contribution is 0.183. The summed E-state index contributed by atoms with van der Waals surface area (Å²) in [5.74, 6) is 2.26. The molecule has 5 heteroatoms. The number of benzene rings is 1. The van der Waals surface area contributed by atoms with Gasteiger partial charge >= 0.3 is 0 Å². The zero-order valence-corrected chi connectivity index (χ0v) is 15.0. The molecule has 2 aliphatic rings. The molecular weight excluding hydrogens is 331 g/mol. The Kier molecular flexibility index (Phi) is 4.81. The van der Waals surface area contributed by atoms with E-state index in [2.05, 4.69) is 16.8 Å². The average molecular weight is 356 g/mol. The summed E-state index contributed by atoms with van der Waals surface area (Å²) in [6.45, 7) is 5.49. The van der Waals surface area contributed by atoms with Crippen molar-refractivity contribution in [2.24, 2.45) is 11.8 Å². The van der Waals surface area contributed by atoms with Crippen LogP contribution >= 0.6 is 0 Å². The first-order chi connectivity index (χ1) is 12.6. The third-order valence-electron chi connectivity index (χ3n) is 5.76. The van der Waals surface area contributed by atoms with Gasteiger partial charge in [-0.15, -0.1) is 0 Å². The van der Waals surface area contributed by atoms with Gasteiger partial charge in [-0.25, -0.2) is 4.39 Å². The SMILES string of the molecule is CC(CN1C[C@H]2CC(Oc3cncc(F)c3)C[C@H]2C1)c1ccc(O)cc1. The second-order valence-corrected chi connectivity index (χ2v) is 7.78. The highest BCUT2D eigenvalue weighted by molar-refractivity contribution is 5.28. The molecule has 0 bridgehead atoms.